The Balaban J connectivity index is 1.56. The normalized spacial score (nSPS) is 10.6. The highest BCUT2D eigenvalue weighted by Crippen LogP contribution is 2.26. The predicted molar refractivity (Wildman–Crippen MR) is 102 cm³/mol. The SMILES string of the molecule is CCc1ccc(NC(=O)CSc2n[nH]c(-c3ccccc3Cl)n2)cc1. The monoisotopic (exact) mass is 372 g/mol. The second kappa shape index (κ2) is 8.18. The molecule has 2 aromatic carbocycles. The number of benzene rings is 2. The molecule has 0 radical (unpaired) electrons. The molecule has 0 unspecified atom stereocenters. The quantitative estimate of drug-likeness (QED) is 0.628. The van der Waals surface area contributed by atoms with E-state index < -0.39 is 0 Å². The van der Waals surface area contributed by atoms with Crippen molar-refractivity contribution in [3.63, 3.8) is 0 Å². The molecule has 0 saturated carbocycles. The Morgan fingerprint density at radius 3 is 2.68 bits per heavy atom. The molecule has 0 spiro atoms. The van der Waals surface area contributed by atoms with Crippen molar-refractivity contribution < 1.29 is 4.79 Å². The molecular formula is C18H17ClN4OS. The number of amides is 1. The zero-order valence-corrected chi connectivity index (χ0v) is 15.2. The number of aromatic amines is 1. The van der Waals surface area contributed by atoms with E-state index in [1.165, 1.54) is 17.3 Å². The summed E-state index contributed by atoms with van der Waals surface area (Å²) in [5.74, 6) is 0.719. The number of hydrogen-bond donors (Lipinski definition) is 2. The molecule has 3 rings (SSSR count). The summed E-state index contributed by atoms with van der Waals surface area (Å²) in [5, 5.41) is 10.9. The first-order valence-electron chi connectivity index (χ1n) is 7.84. The van der Waals surface area contributed by atoms with E-state index in [1.807, 2.05) is 42.5 Å². The Morgan fingerprint density at radius 1 is 1.20 bits per heavy atom. The smallest absolute Gasteiger partial charge is 0.234 e. The summed E-state index contributed by atoms with van der Waals surface area (Å²) < 4.78 is 0. The van der Waals surface area contributed by atoms with Gasteiger partial charge in [0.15, 0.2) is 5.82 Å². The summed E-state index contributed by atoms with van der Waals surface area (Å²) >= 11 is 7.42. The topological polar surface area (TPSA) is 70.7 Å². The molecule has 2 N–H and O–H groups in total. The predicted octanol–water partition coefficient (Wildman–Crippen LogP) is 4.42. The van der Waals surface area contributed by atoms with Gasteiger partial charge in [0.25, 0.3) is 0 Å². The fourth-order valence-corrected chi connectivity index (χ4v) is 3.06. The van der Waals surface area contributed by atoms with Crippen LogP contribution < -0.4 is 5.32 Å². The number of thioether (sulfide) groups is 1. The van der Waals surface area contributed by atoms with E-state index in [9.17, 15) is 4.79 Å². The average Bonchev–Trinajstić information content (AvgIpc) is 3.10. The molecule has 1 amide bonds. The van der Waals surface area contributed by atoms with Crippen LogP contribution in [0, 0.1) is 0 Å². The van der Waals surface area contributed by atoms with E-state index in [0.29, 0.717) is 16.0 Å². The summed E-state index contributed by atoms with van der Waals surface area (Å²) in [6.07, 6.45) is 0.975. The van der Waals surface area contributed by atoms with Crippen LogP contribution in [0.15, 0.2) is 53.7 Å². The maximum absolute atomic E-state index is 12.1. The number of nitrogens with zero attached hydrogens (tertiary/aromatic N) is 2. The first-order chi connectivity index (χ1) is 12.2. The van der Waals surface area contributed by atoms with Crippen molar-refractivity contribution in [1.29, 1.82) is 0 Å². The van der Waals surface area contributed by atoms with E-state index in [2.05, 4.69) is 27.4 Å². The molecule has 0 fully saturated rings. The van der Waals surface area contributed by atoms with Gasteiger partial charge < -0.3 is 5.32 Å². The molecule has 0 aliphatic heterocycles. The standard InChI is InChI=1S/C18H17ClN4OS/c1-2-12-7-9-13(10-8-12)20-16(24)11-25-18-21-17(22-23-18)14-5-3-4-6-15(14)19/h3-10H,2,11H2,1H3,(H,20,24)(H,21,22,23). The third-order valence-electron chi connectivity index (χ3n) is 3.57. The first kappa shape index (κ1) is 17.5. The van der Waals surface area contributed by atoms with Gasteiger partial charge in [-0.1, -0.05) is 54.6 Å². The number of aryl methyl sites for hydroxylation is 1. The van der Waals surface area contributed by atoms with Crippen LogP contribution in [0.3, 0.4) is 0 Å². The Hall–Kier alpha value is -2.31. The lowest BCUT2D eigenvalue weighted by Crippen LogP contribution is -2.14. The van der Waals surface area contributed by atoms with E-state index >= 15 is 0 Å². The Kier molecular flexibility index (Phi) is 5.73. The molecule has 0 aliphatic rings. The van der Waals surface area contributed by atoms with Gasteiger partial charge in [0, 0.05) is 11.3 Å². The Morgan fingerprint density at radius 2 is 1.96 bits per heavy atom. The van der Waals surface area contributed by atoms with Gasteiger partial charge in [0.2, 0.25) is 11.1 Å². The maximum atomic E-state index is 12.1. The van der Waals surface area contributed by atoms with Crippen molar-refractivity contribution in [2.45, 2.75) is 18.5 Å². The van der Waals surface area contributed by atoms with Gasteiger partial charge >= 0.3 is 0 Å². The number of anilines is 1. The first-order valence-corrected chi connectivity index (χ1v) is 9.21. The van der Waals surface area contributed by atoms with Crippen molar-refractivity contribution in [3.05, 3.63) is 59.1 Å². The summed E-state index contributed by atoms with van der Waals surface area (Å²) in [4.78, 5) is 16.4. The van der Waals surface area contributed by atoms with E-state index in [4.69, 9.17) is 11.6 Å². The minimum atomic E-state index is -0.0988. The van der Waals surface area contributed by atoms with Gasteiger partial charge in [0.1, 0.15) is 0 Å². The van der Waals surface area contributed by atoms with Crippen LogP contribution in [-0.4, -0.2) is 26.8 Å². The van der Waals surface area contributed by atoms with Crippen molar-refractivity contribution in [3.8, 4) is 11.4 Å². The van der Waals surface area contributed by atoms with Crippen molar-refractivity contribution >= 4 is 35.0 Å². The van der Waals surface area contributed by atoms with Crippen LogP contribution >= 0.6 is 23.4 Å². The fraction of sp³-hybridized carbons (Fsp3) is 0.167. The lowest BCUT2D eigenvalue weighted by atomic mass is 10.1. The van der Waals surface area contributed by atoms with Gasteiger partial charge in [-0.25, -0.2) is 4.98 Å². The van der Waals surface area contributed by atoms with Crippen LogP contribution in [0.1, 0.15) is 12.5 Å². The van der Waals surface area contributed by atoms with Gasteiger partial charge in [0.05, 0.1) is 10.8 Å². The van der Waals surface area contributed by atoms with Crippen LogP contribution in [0.2, 0.25) is 5.02 Å². The van der Waals surface area contributed by atoms with Crippen LogP contribution in [0.4, 0.5) is 5.69 Å². The summed E-state index contributed by atoms with van der Waals surface area (Å²) in [5.41, 5.74) is 2.80. The van der Waals surface area contributed by atoms with E-state index in [1.54, 1.807) is 6.07 Å². The molecule has 0 aliphatic carbocycles. The number of carbonyl (C=O) groups excluding carboxylic acids is 1. The second-order valence-electron chi connectivity index (χ2n) is 5.33. The van der Waals surface area contributed by atoms with Gasteiger partial charge in [-0.2, -0.15) is 0 Å². The number of aromatic nitrogens is 3. The van der Waals surface area contributed by atoms with Crippen LogP contribution in [0.5, 0.6) is 0 Å². The minimum absolute atomic E-state index is 0.0988. The van der Waals surface area contributed by atoms with Gasteiger partial charge in [-0.05, 0) is 36.2 Å². The molecule has 1 aromatic heterocycles. The third kappa shape index (κ3) is 4.61. The second-order valence-corrected chi connectivity index (χ2v) is 6.68. The molecule has 0 saturated heterocycles. The highest BCUT2D eigenvalue weighted by molar-refractivity contribution is 7.99. The molecule has 25 heavy (non-hydrogen) atoms. The number of carbonyl (C=O) groups is 1. The van der Waals surface area contributed by atoms with Crippen molar-refractivity contribution in [2.75, 3.05) is 11.1 Å². The number of hydrogen-bond acceptors (Lipinski definition) is 4. The van der Waals surface area contributed by atoms with Gasteiger partial charge in [-0.15, -0.1) is 5.10 Å². The number of nitrogens with one attached hydrogen (secondary N) is 2. The third-order valence-corrected chi connectivity index (χ3v) is 4.75. The van der Waals surface area contributed by atoms with E-state index in [-0.39, 0.29) is 11.7 Å². The van der Waals surface area contributed by atoms with Crippen molar-refractivity contribution in [2.24, 2.45) is 0 Å². The Bertz CT molecular complexity index is 864. The molecule has 3 aromatic rings. The summed E-state index contributed by atoms with van der Waals surface area (Å²) in [7, 11) is 0. The zero-order valence-electron chi connectivity index (χ0n) is 13.6. The molecule has 0 bridgehead atoms. The Labute approximate surface area is 155 Å². The zero-order chi connectivity index (χ0) is 17.6. The molecular weight excluding hydrogens is 356 g/mol. The largest absolute Gasteiger partial charge is 0.325 e. The molecule has 5 nitrogen and oxygen atoms in total. The minimum Gasteiger partial charge on any atom is -0.325 e. The number of H-pyrrole nitrogens is 1. The van der Waals surface area contributed by atoms with Crippen LogP contribution in [-0.2, 0) is 11.2 Å². The molecule has 1 heterocycles. The van der Waals surface area contributed by atoms with Crippen molar-refractivity contribution in [1.82, 2.24) is 15.2 Å². The highest BCUT2D eigenvalue weighted by atomic mass is 35.5. The van der Waals surface area contributed by atoms with E-state index in [0.717, 1.165) is 17.7 Å². The lowest BCUT2D eigenvalue weighted by molar-refractivity contribution is -0.113. The summed E-state index contributed by atoms with van der Waals surface area (Å²) in [6, 6.07) is 15.2. The van der Waals surface area contributed by atoms with Crippen LogP contribution in [0.25, 0.3) is 11.4 Å². The maximum Gasteiger partial charge on any atom is 0.234 e. The number of halogens is 1. The fourth-order valence-electron chi connectivity index (χ4n) is 2.24. The van der Waals surface area contributed by atoms with Gasteiger partial charge in [-0.3, -0.25) is 9.89 Å². The lowest BCUT2D eigenvalue weighted by Gasteiger charge is -2.05. The average molecular weight is 373 g/mol. The molecule has 0 atom stereocenters. The molecule has 128 valence electrons. The number of rotatable bonds is 6. The molecule has 7 heteroatoms. The highest BCUT2D eigenvalue weighted by Gasteiger charge is 2.11. The summed E-state index contributed by atoms with van der Waals surface area (Å²) in [6.45, 7) is 2.10.